The number of benzene rings is 3. The number of phenolic OH excluding ortho intramolecular Hbond substituents is 1. The van der Waals surface area contributed by atoms with E-state index in [4.69, 9.17) is 10.3 Å². The van der Waals surface area contributed by atoms with Crippen LogP contribution in [0.5, 0.6) is 5.75 Å². The minimum absolute atomic E-state index is 0. The summed E-state index contributed by atoms with van der Waals surface area (Å²) in [6.45, 7) is -0.978. The predicted molar refractivity (Wildman–Crippen MR) is 194 cm³/mol. The Morgan fingerprint density at radius 2 is 1.31 bits per heavy atom. The number of nitrogens with one attached hydrogen (secondary N) is 2. The van der Waals surface area contributed by atoms with E-state index in [2.05, 4.69) is 25.2 Å². The molecule has 3 aromatic carbocycles. The molecule has 3 aromatic rings. The number of nitrogens with two attached hydrogens (primary N) is 1. The quantitative estimate of drug-likeness (QED) is 0.0274. The van der Waals surface area contributed by atoms with Crippen LogP contribution in [0, 0.1) is 0 Å². The number of rotatable bonds is 12. The first-order valence-corrected chi connectivity index (χ1v) is 21.9. The molecule has 23 nitrogen and oxygen atoms in total. The molecule has 0 atom stereocenters. The first-order chi connectivity index (χ1) is 25.7. The largest absolute Gasteiger partial charge is 1.00 e. The van der Waals surface area contributed by atoms with Crippen LogP contribution in [0.15, 0.2) is 78.3 Å². The third kappa shape index (κ3) is 15.6. The van der Waals surface area contributed by atoms with Gasteiger partial charge in [0.05, 0.1) is 39.9 Å². The Hall–Kier alpha value is 1.63. The maximum atomic E-state index is 13.4. The number of nitrogens with zero attached hydrogens (tertiary/aromatic N) is 2. The van der Waals surface area contributed by atoms with Crippen LogP contribution >= 0.6 is 0 Å². The third-order valence-corrected chi connectivity index (χ3v) is 12.4. The summed E-state index contributed by atoms with van der Waals surface area (Å²) in [6.07, 6.45) is 2.73. The second-order valence-corrected chi connectivity index (χ2v) is 18.6. The number of allylic oxidation sites excluding steroid dienone is 2. The van der Waals surface area contributed by atoms with Crippen molar-refractivity contribution in [1.29, 1.82) is 0 Å². The molecule has 0 heterocycles. The number of sulfone groups is 1. The van der Waals surface area contributed by atoms with E-state index >= 15 is 0 Å². The van der Waals surface area contributed by atoms with Crippen LogP contribution < -0.4 is 222 Å². The monoisotopic (exact) mass is 1100 g/mol. The summed E-state index contributed by atoms with van der Waals surface area (Å²) >= 11 is 0. The van der Waals surface area contributed by atoms with Crippen LogP contribution in [0.4, 0.5) is 17.1 Å². The molecule has 33 heteroatoms. The molecule has 0 saturated heterocycles. The Bertz CT molecular complexity index is 2980. The normalized spacial score (nSPS) is 15.0. The van der Waals surface area contributed by atoms with Crippen LogP contribution in [0.1, 0.15) is 31.8 Å². The summed E-state index contributed by atoms with van der Waals surface area (Å²) in [5, 5.41) is 17.8. The van der Waals surface area contributed by atoms with Gasteiger partial charge in [0.15, 0.2) is 15.5 Å². The van der Waals surface area contributed by atoms with Crippen molar-refractivity contribution in [2.24, 2.45) is 10.2 Å². The van der Waals surface area contributed by atoms with Gasteiger partial charge < -0.3 is 10.8 Å². The minimum Gasteiger partial charge on any atom is -0.506 e. The number of phenols is 1. The molecule has 2 aliphatic carbocycles. The standard InChI is InChI=1S/C28H23N5O18S5.Cu.4K/c29-25-22(54(42,43)44)12-21(53(39,40)41)17-4-5-18(28(36)24(17)25)31-30-14-1-3-16-13(9-14)10-23(55(45,46)47)26(27(16)35)33-32-19-11-15(2-6-20(19)34)52(37,38)8-7-51-56(48,49)50;;;;;/h1-6,9-12,30,32,34H,7-8,29H2,(H,39,40,41)(H,42,43,44)(H,45,46,47)(H,48,49,50);;;;;/q;;4*+1/b31-18+,33-26?;;;;;. The summed E-state index contributed by atoms with van der Waals surface area (Å²) in [5.74, 6) is -3.90. The second kappa shape index (κ2) is 24.3. The fourth-order valence-electron chi connectivity index (χ4n) is 5.07. The van der Waals surface area contributed by atoms with Crippen molar-refractivity contribution in [1.82, 2.24) is 0 Å². The van der Waals surface area contributed by atoms with E-state index in [1.165, 1.54) is 6.07 Å². The third-order valence-electron chi connectivity index (χ3n) is 7.57. The number of fused-ring (bicyclic) bond motifs is 2. The van der Waals surface area contributed by atoms with Gasteiger partial charge in [-0.3, -0.25) is 38.7 Å². The number of Topliss-reactive ketones (excluding diaryl/α,β-unsaturated/α-hetero) is 2. The molecule has 61 heavy (non-hydrogen) atoms. The van der Waals surface area contributed by atoms with Gasteiger partial charge in [0.2, 0.25) is 11.6 Å². The van der Waals surface area contributed by atoms with Gasteiger partial charge in [-0.1, -0.05) is 6.08 Å². The zero-order valence-electron chi connectivity index (χ0n) is 31.5. The van der Waals surface area contributed by atoms with Gasteiger partial charge in [-0.15, -0.1) is 0 Å². The van der Waals surface area contributed by atoms with Gasteiger partial charge in [0.1, 0.15) is 26.2 Å². The van der Waals surface area contributed by atoms with E-state index in [0.717, 1.165) is 48.6 Å². The molecule has 0 unspecified atom stereocenters. The molecule has 0 aromatic heterocycles. The molecule has 0 amide bonds. The van der Waals surface area contributed by atoms with Crippen LogP contribution in [0.3, 0.4) is 0 Å². The van der Waals surface area contributed by atoms with Gasteiger partial charge in [-0.25, -0.2) is 12.6 Å². The van der Waals surface area contributed by atoms with E-state index in [-0.39, 0.29) is 239 Å². The summed E-state index contributed by atoms with van der Waals surface area (Å²) in [5.41, 5.74) is 5.86. The molecule has 0 spiro atoms. The average molecular weight is 1100 g/mol. The van der Waals surface area contributed by atoms with Crippen LogP contribution in [0.2, 0.25) is 0 Å². The van der Waals surface area contributed by atoms with Crippen molar-refractivity contribution in [3.63, 3.8) is 0 Å². The zero-order chi connectivity index (χ0) is 41.8. The van der Waals surface area contributed by atoms with E-state index in [1.54, 1.807) is 0 Å². The molecule has 0 fully saturated rings. The number of aromatic hydroxyl groups is 1. The Labute approximate surface area is 528 Å². The SMILES string of the molecule is Nc1c(S(=O)(=O)O)cc(S(=O)(=O)O)c2c1C(=O)/C(=N/Nc1ccc3c(c1)C=C(S(=O)(=O)O)C(=NNc1cc(S(=O)(=O)CCOS(=O)(=O)O)ccc1O)C3=O)C=C2.[Cu].[K+].[K+].[K+].[K+]. The number of hydrogen-bond donors (Lipinski definition) is 8. The number of carbonyl (C=O) groups is 2. The summed E-state index contributed by atoms with van der Waals surface area (Å²) in [6, 6.07) is 6.40. The second-order valence-electron chi connectivity index (χ2n) is 11.2. The van der Waals surface area contributed by atoms with E-state index in [0.29, 0.717) is 6.07 Å². The average Bonchev–Trinajstić information content (AvgIpc) is 3.05. The van der Waals surface area contributed by atoms with Crippen LogP contribution in [0.25, 0.3) is 12.2 Å². The van der Waals surface area contributed by atoms with Crippen molar-refractivity contribution in [3.05, 3.63) is 75.7 Å². The van der Waals surface area contributed by atoms with Gasteiger partial charge >= 0.3 is 216 Å². The number of carbonyl (C=O) groups excluding carboxylic acids is 2. The Kier molecular flexibility index (Phi) is 24.9. The number of ketones is 2. The maximum Gasteiger partial charge on any atom is 1.00 e. The molecule has 0 bridgehead atoms. The Morgan fingerprint density at radius 1 is 0.705 bits per heavy atom. The van der Waals surface area contributed by atoms with Gasteiger partial charge in [0, 0.05) is 28.2 Å². The predicted octanol–water partition coefficient (Wildman–Crippen LogP) is -11.4. The van der Waals surface area contributed by atoms with Crippen molar-refractivity contribution in [3.8, 4) is 5.75 Å². The molecule has 0 aliphatic heterocycles. The first-order valence-electron chi connectivity index (χ1n) is 14.6. The molecule has 309 valence electrons. The summed E-state index contributed by atoms with van der Waals surface area (Å²) in [7, 11) is -24.9. The molecule has 0 saturated carbocycles. The summed E-state index contributed by atoms with van der Waals surface area (Å²) < 4.78 is 161. The van der Waals surface area contributed by atoms with Gasteiger partial charge in [-0.05, 0) is 60.2 Å². The fourth-order valence-corrected chi connectivity index (χ4v) is 8.68. The van der Waals surface area contributed by atoms with Gasteiger partial charge in [0.25, 0.3) is 30.4 Å². The Balaban J connectivity index is 0.00000720. The molecule has 2 aliphatic rings. The first kappa shape index (κ1) is 62.6. The fraction of sp³-hybridized carbons (Fsp3) is 0.0714. The van der Waals surface area contributed by atoms with Crippen molar-refractivity contribution in [2.75, 3.05) is 28.9 Å². The van der Waals surface area contributed by atoms with Crippen molar-refractivity contribution < 1.29 is 302 Å². The van der Waals surface area contributed by atoms with Crippen LogP contribution in [-0.4, -0.2) is 101 Å². The minimum atomic E-state index is -5.24. The number of hydrazone groups is 2. The van der Waals surface area contributed by atoms with E-state index < -0.39 is 134 Å². The smallest absolute Gasteiger partial charge is 0.506 e. The number of hydrogen-bond acceptors (Lipinski definition) is 19. The number of anilines is 3. The van der Waals surface area contributed by atoms with Gasteiger partial charge in [-0.2, -0.15) is 43.9 Å². The molecular formula is C28H23CuK4N5O18S5+4. The Morgan fingerprint density at radius 3 is 1.87 bits per heavy atom. The molecule has 1 radical (unpaired) electrons. The zero-order valence-corrected chi connectivity index (χ0v) is 49.1. The van der Waals surface area contributed by atoms with Crippen LogP contribution in [-0.2, 0) is 71.8 Å². The summed E-state index contributed by atoms with van der Waals surface area (Å²) in [4.78, 5) is 22.9. The van der Waals surface area contributed by atoms with Crippen molar-refractivity contribution in [2.45, 2.75) is 14.7 Å². The molecule has 9 N–H and O–H groups in total. The molecule has 5 rings (SSSR count). The van der Waals surface area contributed by atoms with Crippen molar-refractivity contribution >= 4 is 103 Å². The molecular weight excluding hydrogens is 1070 g/mol. The van der Waals surface area contributed by atoms with E-state index in [1.807, 2.05) is 0 Å². The number of nitrogen functional groups attached to an aromatic ring is 1. The van der Waals surface area contributed by atoms with E-state index in [9.17, 15) is 70.4 Å². The topological polar surface area (TPSA) is 390 Å². The maximum absolute atomic E-state index is 13.4.